The molecule has 32 heavy (non-hydrogen) atoms. The molecule has 160 valence electrons. The molecule has 0 fully saturated rings. The van der Waals surface area contributed by atoms with Gasteiger partial charge in [0.25, 0.3) is 5.56 Å². The van der Waals surface area contributed by atoms with Crippen LogP contribution in [0.4, 0.5) is 0 Å². The quantitative estimate of drug-likeness (QED) is 0.404. The van der Waals surface area contributed by atoms with Crippen molar-refractivity contribution >= 4 is 16.9 Å². The lowest BCUT2D eigenvalue weighted by Gasteiger charge is -2.10. The van der Waals surface area contributed by atoms with Crippen molar-refractivity contribution in [3.63, 3.8) is 0 Å². The van der Waals surface area contributed by atoms with Gasteiger partial charge >= 0.3 is 5.69 Å². The van der Waals surface area contributed by atoms with Gasteiger partial charge in [-0.25, -0.2) is 4.79 Å². The molecule has 5 aromatic rings. The second-order valence-electron chi connectivity index (χ2n) is 7.42. The minimum absolute atomic E-state index is 0.122. The van der Waals surface area contributed by atoms with Crippen LogP contribution in [0.3, 0.4) is 0 Å². The molecular formula is C24H21N5O3. The summed E-state index contributed by atoms with van der Waals surface area (Å²) >= 11 is 0. The molecule has 0 bridgehead atoms. The highest BCUT2D eigenvalue weighted by atomic mass is 16.5. The van der Waals surface area contributed by atoms with E-state index in [0.717, 1.165) is 21.5 Å². The van der Waals surface area contributed by atoms with Crippen LogP contribution in [0.2, 0.25) is 0 Å². The lowest BCUT2D eigenvalue weighted by atomic mass is 10.1. The number of hydrogen-bond donors (Lipinski definition) is 0. The number of hydrogen-bond acceptors (Lipinski definition) is 4. The molecule has 0 aliphatic heterocycles. The van der Waals surface area contributed by atoms with Crippen LogP contribution in [0.1, 0.15) is 0 Å². The Bertz CT molecular complexity index is 1600. The van der Waals surface area contributed by atoms with Crippen molar-refractivity contribution in [2.75, 3.05) is 7.11 Å². The van der Waals surface area contributed by atoms with Gasteiger partial charge in [-0.15, -0.1) is 6.58 Å². The SMILES string of the molecule is C=CCn1c(=O)c2c(nc3n(-c4cccc(OC)c4)c(-c4ccccc4)cn23)n(C)c1=O. The molecular weight excluding hydrogens is 406 g/mol. The van der Waals surface area contributed by atoms with Gasteiger partial charge in [-0.1, -0.05) is 42.5 Å². The summed E-state index contributed by atoms with van der Waals surface area (Å²) in [6, 6.07) is 17.5. The number of aryl methyl sites for hydroxylation is 1. The number of benzene rings is 2. The van der Waals surface area contributed by atoms with Crippen molar-refractivity contribution in [3.8, 4) is 22.7 Å². The molecule has 0 spiro atoms. The molecule has 0 aliphatic rings. The van der Waals surface area contributed by atoms with E-state index in [1.54, 1.807) is 18.6 Å². The average Bonchev–Trinajstić information content (AvgIpc) is 3.37. The molecule has 0 saturated heterocycles. The average molecular weight is 427 g/mol. The van der Waals surface area contributed by atoms with Gasteiger partial charge in [0.1, 0.15) is 5.75 Å². The van der Waals surface area contributed by atoms with E-state index < -0.39 is 11.2 Å². The third kappa shape index (κ3) is 2.80. The predicted molar refractivity (Wildman–Crippen MR) is 124 cm³/mol. The van der Waals surface area contributed by atoms with Crippen LogP contribution in [-0.4, -0.2) is 30.2 Å². The first-order valence-corrected chi connectivity index (χ1v) is 10.1. The van der Waals surface area contributed by atoms with E-state index >= 15 is 0 Å². The van der Waals surface area contributed by atoms with Gasteiger partial charge in [-0.3, -0.25) is 22.9 Å². The summed E-state index contributed by atoms with van der Waals surface area (Å²) < 4.78 is 11.7. The fraction of sp³-hybridized carbons (Fsp3) is 0.125. The normalized spacial score (nSPS) is 11.3. The Hall–Kier alpha value is -4.33. The van der Waals surface area contributed by atoms with Crippen LogP contribution in [0.15, 0.2) is 83.0 Å². The van der Waals surface area contributed by atoms with Gasteiger partial charge in [-0.2, -0.15) is 4.98 Å². The van der Waals surface area contributed by atoms with E-state index in [1.807, 2.05) is 65.4 Å². The Morgan fingerprint density at radius 3 is 2.59 bits per heavy atom. The Morgan fingerprint density at radius 2 is 1.88 bits per heavy atom. The first-order valence-electron chi connectivity index (χ1n) is 10.1. The van der Waals surface area contributed by atoms with E-state index in [1.165, 1.54) is 10.6 Å². The summed E-state index contributed by atoms with van der Waals surface area (Å²) in [7, 11) is 3.23. The van der Waals surface area contributed by atoms with E-state index in [0.29, 0.717) is 22.7 Å². The van der Waals surface area contributed by atoms with Gasteiger partial charge < -0.3 is 4.74 Å². The van der Waals surface area contributed by atoms with Crippen LogP contribution < -0.4 is 16.0 Å². The fourth-order valence-corrected chi connectivity index (χ4v) is 4.00. The molecule has 0 saturated carbocycles. The van der Waals surface area contributed by atoms with Gasteiger partial charge in [0.05, 0.1) is 18.5 Å². The molecule has 0 unspecified atom stereocenters. The van der Waals surface area contributed by atoms with Gasteiger partial charge in [0.2, 0.25) is 5.78 Å². The predicted octanol–water partition coefficient (Wildman–Crippen LogP) is 3.00. The maximum Gasteiger partial charge on any atom is 0.332 e. The van der Waals surface area contributed by atoms with E-state index in [-0.39, 0.29) is 6.54 Å². The minimum Gasteiger partial charge on any atom is -0.497 e. The van der Waals surface area contributed by atoms with Crippen molar-refractivity contribution < 1.29 is 4.74 Å². The molecule has 3 aromatic heterocycles. The molecule has 0 amide bonds. The topological polar surface area (TPSA) is 75.5 Å². The number of aromatic nitrogens is 5. The van der Waals surface area contributed by atoms with E-state index in [4.69, 9.17) is 9.72 Å². The summed E-state index contributed by atoms with van der Waals surface area (Å²) in [4.78, 5) is 30.7. The highest BCUT2D eigenvalue weighted by Gasteiger charge is 2.22. The van der Waals surface area contributed by atoms with Gasteiger partial charge in [-0.05, 0) is 12.1 Å². The number of rotatable bonds is 5. The van der Waals surface area contributed by atoms with Crippen LogP contribution in [-0.2, 0) is 13.6 Å². The molecule has 0 atom stereocenters. The van der Waals surface area contributed by atoms with Crippen LogP contribution in [0.25, 0.3) is 33.9 Å². The number of fused-ring (bicyclic) bond motifs is 3. The Kier molecular flexibility index (Phi) is 4.55. The molecule has 3 heterocycles. The number of nitrogens with zero attached hydrogens (tertiary/aromatic N) is 5. The van der Waals surface area contributed by atoms with Crippen molar-refractivity contribution in [2.45, 2.75) is 6.54 Å². The summed E-state index contributed by atoms with van der Waals surface area (Å²) in [5, 5.41) is 0. The van der Waals surface area contributed by atoms with E-state index in [2.05, 4.69) is 6.58 Å². The zero-order chi connectivity index (χ0) is 22.4. The molecule has 0 radical (unpaired) electrons. The second-order valence-corrected chi connectivity index (χ2v) is 7.42. The van der Waals surface area contributed by atoms with E-state index in [9.17, 15) is 9.59 Å². The lowest BCUT2D eigenvalue weighted by molar-refractivity contribution is 0.414. The fourth-order valence-electron chi connectivity index (χ4n) is 4.00. The summed E-state index contributed by atoms with van der Waals surface area (Å²) in [5.41, 5.74) is 2.47. The monoisotopic (exact) mass is 427 g/mol. The molecule has 0 aliphatic carbocycles. The highest BCUT2D eigenvalue weighted by molar-refractivity contribution is 5.79. The number of imidazole rings is 2. The van der Waals surface area contributed by atoms with Crippen LogP contribution in [0, 0.1) is 0 Å². The van der Waals surface area contributed by atoms with Gasteiger partial charge in [0.15, 0.2) is 11.2 Å². The molecule has 2 aromatic carbocycles. The maximum atomic E-state index is 13.3. The zero-order valence-electron chi connectivity index (χ0n) is 17.7. The third-order valence-corrected chi connectivity index (χ3v) is 5.54. The number of methoxy groups -OCH3 is 1. The minimum atomic E-state index is -0.431. The summed E-state index contributed by atoms with van der Waals surface area (Å²) in [6.07, 6.45) is 3.41. The van der Waals surface area contributed by atoms with Crippen molar-refractivity contribution in [3.05, 3.63) is 94.3 Å². The Morgan fingerprint density at radius 1 is 1.09 bits per heavy atom. The molecule has 0 N–H and O–H groups in total. The zero-order valence-corrected chi connectivity index (χ0v) is 17.7. The highest BCUT2D eigenvalue weighted by Crippen LogP contribution is 2.30. The van der Waals surface area contributed by atoms with Gasteiger partial charge in [0, 0.05) is 31.4 Å². The first kappa shape index (κ1) is 19.6. The van der Waals surface area contributed by atoms with Crippen molar-refractivity contribution in [1.29, 1.82) is 0 Å². The summed E-state index contributed by atoms with van der Waals surface area (Å²) in [5.74, 6) is 1.22. The molecule has 8 heteroatoms. The van der Waals surface area contributed by atoms with Crippen molar-refractivity contribution in [2.24, 2.45) is 7.05 Å². The number of allylic oxidation sites excluding steroid dienone is 1. The lowest BCUT2D eigenvalue weighted by Crippen LogP contribution is -2.39. The second kappa shape index (κ2) is 7.42. The largest absolute Gasteiger partial charge is 0.497 e. The first-order chi connectivity index (χ1) is 15.5. The Balaban J connectivity index is 1.95. The molecule has 5 rings (SSSR count). The maximum absolute atomic E-state index is 13.3. The smallest absolute Gasteiger partial charge is 0.332 e. The Labute approximate surface area is 182 Å². The van der Waals surface area contributed by atoms with Crippen molar-refractivity contribution in [1.82, 2.24) is 23.1 Å². The third-order valence-electron chi connectivity index (χ3n) is 5.54. The standard InChI is InChI=1S/C24H21N5O3/c1-4-13-27-22(30)20-21(26(2)24(27)31)25-23-28(20)15-19(16-9-6-5-7-10-16)29(23)17-11-8-12-18(14-17)32-3/h4-12,14-15H,1,13H2,2-3H3. The number of ether oxygens (including phenoxy) is 1. The summed E-state index contributed by atoms with van der Waals surface area (Å²) in [6.45, 7) is 3.79. The molecule has 8 nitrogen and oxygen atoms in total. The van der Waals surface area contributed by atoms with Crippen LogP contribution in [0.5, 0.6) is 5.75 Å². The van der Waals surface area contributed by atoms with Crippen LogP contribution >= 0.6 is 0 Å².